The van der Waals surface area contributed by atoms with E-state index in [1.54, 1.807) is 11.3 Å². The number of nitrogens with two attached hydrogens (primary N) is 1. The van der Waals surface area contributed by atoms with Crippen molar-refractivity contribution in [1.29, 1.82) is 0 Å². The van der Waals surface area contributed by atoms with E-state index in [1.807, 2.05) is 11.4 Å². The molecule has 0 radical (unpaired) electrons. The smallest absolute Gasteiger partial charge is 0.231 e. The van der Waals surface area contributed by atoms with Gasteiger partial charge in [0.05, 0.1) is 10.3 Å². The Balaban J connectivity index is 2.29. The van der Waals surface area contributed by atoms with E-state index in [-0.39, 0.29) is 12.5 Å². The van der Waals surface area contributed by atoms with Crippen LogP contribution in [0.15, 0.2) is 15.2 Å². The Kier molecular flexibility index (Phi) is 3.71. The van der Waals surface area contributed by atoms with E-state index in [2.05, 4.69) is 21.2 Å². The molecule has 1 aromatic rings. The Bertz CT molecular complexity index is 274. The van der Waals surface area contributed by atoms with E-state index in [9.17, 15) is 4.79 Å². The Morgan fingerprint density at radius 2 is 2.50 bits per heavy atom. The Morgan fingerprint density at radius 1 is 1.75 bits per heavy atom. The van der Waals surface area contributed by atoms with Crippen molar-refractivity contribution in [2.45, 2.75) is 6.54 Å². The van der Waals surface area contributed by atoms with Crippen LogP contribution in [0.3, 0.4) is 0 Å². The lowest BCUT2D eigenvalue weighted by Gasteiger charge is -1.97. The molecule has 1 rings (SSSR count). The molecule has 3 nitrogen and oxygen atoms in total. The molecule has 0 aliphatic carbocycles. The molecule has 1 aromatic heterocycles. The minimum Gasteiger partial charge on any atom is -0.369 e. The quantitative estimate of drug-likeness (QED) is 0.839. The molecule has 0 fully saturated rings. The molecular weight excluding hydrogens is 240 g/mol. The van der Waals surface area contributed by atoms with E-state index in [1.165, 1.54) is 0 Å². The minimum atomic E-state index is -0.329. The zero-order chi connectivity index (χ0) is 8.97. The van der Waals surface area contributed by atoms with Gasteiger partial charge in [-0.1, -0.05) is 0 Å². The first-order chi connectivity index (χ1) is 5.68. The van der Waals surface area contributed by atoms with Gasteiger partial charge in [-0.3, -0.25) is 4.79 Å². The van der Waals surface area contributed by atoms with Crippen LogP contribution in [0.1, 0.15) is 5.56 Å². The Hall–Kier alpha value is -0.390. The molecule has 5 heteroatoms. The van der Waals surface area contributed by atoms with E-state index in [0.717, 1.165) is 9.35 Å². The van der Waals surface area contributed by atoms with Gasteiger partial charge in [0.25, 0.3) is 0 Å². The van der Waals surface area contributed by atoms with Gasteiger partial charge in [0.1, 0.15) is 0 Å². The highest BCUT2D eigenvalue weighted by atomic mass is 79.9. The van der Waals surface area contributed by atoms with Gasteiger partial charge in [-0.05, 0) is 32.9 Å². The molecule has 1 amide bonds. The third-order valence-corrected chi connectivity index (χ3v) is 2.80. The third-order valence-electron chi connectivity index (χ3n) is 1.25. The van der Waals surface area contributed by atoms with Gasteiger partial charge in [0, 0.05) is 6.54 Å². The summed E-state index contributed by atoms with van der Waals surface area (Å²) in [5.41, 5.74) is 6.11. The molecule has 0 aromatic carbocycles. The molecule has 0 aliphatic heterocycles. The number of hydrogen-bond donors (Lipinski definition) is 2. The van der Waals surface area contributed by atoms with E-state index < -0.39 is 0 Å². The van der Waals surface area contributed by atoms with Crippen LogP contribution in [-0.2, 0) is 11.3 Å². The van der Waals surface area contributed by atoms with Crippen LogP contribution in [0, 0.1) is 0 Å². The number of carbonyl (C=O) groups excluding carboxylic acids is 1. The maximum atomic E-state index is 10.3. The molecule has 0 atom stereocenters. The minimum absolute atomic E-state index is 0.230. The maximum absolute atomic E-state index is 10.3. The second kappa shape index (κ2) is 4.59. The Morgan fingerprint density at radius 3 is 3.00 bits per heavy atom. The van der Waals surface area contributed by atoms with Gasteiger partial charge in [0.15, 0.2) is 0 Å². The van der Waals surface area contributed by atoms with Crippen molar-refractivity contribution < 1.29 is 4.79 Å². The number of amides is 1. The fourth-order valence-corrected chi connectivity index (χ4v) is 1.98. The topological polar surface area (TPSA) is 55.1 Å². The van der Waals surface area contributed by atoms with Gasteiger partial charge in [-0.25, -0.2) is 0 Å². The summed E-state index contributed by atoms with van der Waals surface area (Å²) in [7, 11) is 0. The van der Waals surface area contributed by atoms with E-state index in [0.29, 0.717) is 6.54 Å². The summed E-state index contributed by atoms with van der Waals surface area (Å²) in [4.78, 5) is 10.3. The summed E-state index contributed by atoms with van der Waals surface area (Å²) in [5, 5.41) is 4.95. The lowest BCUT2D eigenvalue weighted by molar-refractivity contribution is -0.117. The van der Waals surface area contributed by atoms with E-state index in [4.69, 9.17) is 5.73 Å². The van der Waals surface area contributed by atoms with E-state index >= 15 is 0 Å². The molecule has 0 bridgehead atoms. The molecule has 0 saturated heterocycles. The van der Waals surface area contributed by atoms with Crippen LogP contribution in [-0.4, -0.2) is 12.5 Å². The number of halogens is 1. The third kappa shape index (κ3) is 3.34. The molecular formula is C7H9BrN2OS. The number of thiophene rings is 1. The molecule has 0 spiro atoms. The second-order valence-electron chi connectivity index (χ2n) is 2.33. The van der Waals surface area contributed by atoms with Crippen LogP contribution in [0.4, 0.5) is 0 Å². The van der Waals surface area contributed by atoms with Crippen molar-refractivity contribution in [2.24, 2.45) is 5.73 Å². The van der Waals surface area contributed by atoms with Gasteiger partial charge in [-0.2, -0.15) is 0 Å². The molecule has 0 aliphatic rings. The summed E-state index contributed by atoms with van der Waals surface area (Å²) in [6.45, 7) is 0.915. The predicted octanol–water partition coefficient (Wildman–Crippen LogP) is 1.09. The SMILES string of the molecule is NC(=O)CNCc1csc(Br)c1. The number of nitrogens with one attached hydrogen (secondary N) is 1. The molecule has 3 N–H and O–H groups in total. The summed E-state index contributed by atoms with van der Waals surface area (Å²) in [5.74, 6) is -0.329. The molecule has 1 heterocycles. The average Bonchev–Trinajstić information content (AvgIpc) is 2.35. The predicted molar refractivity (Wildman–Crippen MR) is 52.9 cm³/mol. The van der Waals surface area contributed by atoms with Crippen molar-refractivity contribution in [3.8, 4) is 0 Å². The highest BCUT2D eigenvalue weighted by molar-refractivity contribution is 9.11. The maximum Gasteiger partial charge on any atom is 0.231 e. The van der Waals surface area contributed by atoms with Crippen molar-refractivity contribution in [1.82, 2.24) is 5.32 Å². The van der Waals surface area contributed by atoms with Gasteiger partial charge >= 0.3 is 0 Å². The van der Waals surface area contributed by atoms with Crippen molar-refractivity contribution in [3.63, 3.8) is 0 Å². The van der Waals surface area contributed by atoms with Crippen LogP contribution in [0.2, 0.25) is 0 Å². The molecule has 66 valence electrons. The lowest BCUT2D eigenvalue weighted by Crippen LogP contribution is -2.27. The van der Waals surface area contributed by atoms with Gasteiger partial charge in [-0.15, -0.1) is 11.3 Å². The summed E-state index contributed by atoms with van der Waals surface area (Å²) < 4.78 is 1.10. The fourth-order valence-electron chi connectivity index (χ4n) is 0.769. The zero-order valence-electron chi connectivity index (χ0n) is 6.34. The van der Waals surface area contributed by atoms with Crippen molar-refractivity contribution in [3.05, 3.63) is 20.8 Å². The number of hydrogen-bond acceptors (Lipinski definition) is 3. The molecule has 0 saturated carbocycles. The summed E-state index contributed by atoms with van der Waals surface area (Å²) in [6, 6.07) is 2.01. The highest BCUT2D eigenvalue weighted by Crippen LogP contribution is 2.20. The summed E-state index contributed by atoms with van der Waals surface area (Å²) >= 11 is 4.98. The first-order valence-electron chi connectivity index (χ1n) is 3.40. The fraction of sp³-hybridized carbons (Fsp3) is 0.286. The summed E-state index contributed by atoms with van der Waals surface area (Å²) in [6.07, 6.45) is 0. The first kappa shape index (κ1) is 9.70. The average molecular weight is 249 g/mol. The molecule has 0 unspecified atom stereocenters. The number of carbonyl (C=O) groups is 1. The number of primary amides is 1. The van der Waals surface area contributed by atoms with Gasteiger partial charge < -0.3 is 11.1 Å². The second-order valence-corrected chi connectivity index (χ2v) is 4.62. The largest absolute Gasteiger partial charge is 0.369 e. The highest BCUT2D eigenvalue weighted by Gasteiger charge is 1.97. The van der Waals surface area contributed by atoms with Crippen LogP contribution in [0.5, 0.6) is 0 Å². The van der Waals surface area contributed by atoms with Crippen LogP contribution < -0.4 is 11.1 Å². The lowest BCUT2D eigenvalue weighted by atomic mass is 10.3. The molecule has 12 heavy (non-hydrogen) atoms. The van der Waals surface area contributed by atoms with Crippen molar-refractivity contribution in [2.75, 3.05) is 6.54 Å². The normalized spacial score (nSPS) is 10.1. The Labute approximate surface area is 83.1 Å². The van der Waals surface area contributed by atoms with Crippen LogP contribution in [0.25, 0.3) is 0 Å². The van der Waals surface area contributed by atoms with Crippen molar-refractivity contribution >= 4 is 33.2 Å². The van der Waals surface area contributed by atoms with Gasteiger partial charge in [0.2, 0.25) is 5.91 Å². The first-order valence-corrected chi connectivity index (χ1v) is 5.07. The monoisotopic (exact) mass is 248 g/mol. The standard InChI is InChI=1S/C7H9BrN2OS/c8-6-1-5(4-12-6)2-10-3-7(9)11/h1,4,10H,2-3H2,(H2,9,11). The van der Waals surface area contributed by atoms with Crippen LogP contribution >= 0.6 is 27.3 Å². The number of rotatable bonds is 4. The zero-order valence-corrected chi connectivity index (χ0v) is 8.74.